The lowest BCUT2D eigenvalue weighted by Crippen LogP contribution is -2.27. The molecule has 0 radical (unpaired) electrons. The number of aromatic nitrogens is 1. The van der Waals surface area contributed by atoms with Gasteiger partial charge in [-0.15, -0.1) is 0 Å². The Balaban J connectivity index is 1.99. The van der Waals surface area contributed by atoms with Gasteiger partial charge >= 0.3 is 6.09 Å². The number of thiazole rings is 1. The first-order chi connectivity index (χ1) is 7.94. The molecular formula is C11H17N3O2S. The van der Waals surface area contributed by atoms with Crippen LogP contribution in [-0.4, -0.2) is 23.2 Å². The summed E-state index contributed by atoms with van der Waals surface area (Å²) in [6.45, 7) is 7.29. The number of ether oxygens (including phenoxy) is 1. The quantitative estimate of drug-likeness (QED) is 0.807. The van der Waals surface area contributed by atoms with Crippen LogP contribution in [0.2, 0.25) is 0 Å². The largest absolute Gasteiger partial charge is 0.444 e. The van der Waals surface area contributed by atoms with E-state index in [4.69, 9.17) is 4.74 Å². The summed E-state index contributed by atoms with van der Waals surface area (Å²) in [5.41, 5.74) is 0.600. The Morgan fingerprint density at radius 3 is 2.94 bits per heavy atom. The third kappa shape index (κ3) is 3.41. The van der Waals surface area contributed by atoms with Crippen molar-refractivity contribution in [2.45, 2.75) is 39.3 Å². The van der Waals surface area contributed by atoms with Crippen LogP contribution >= 0.6 is 11.3 Å². The minimum Gasteiger partial charge on any atom is -0.444 e. The highest BCUT2D eigenvalue weighted by Crippen LogP contribution is 2.25. The molecule has 1 aliphatic rings. The van der Waals surface area contributed by atoms with Crippen molar-refractivity contribution in [3.63, 3.8) is 0 Å². The van der Waals surface area contributed by atoms with Crippen LogP contribution in [-0.2, 0) is 17.7 Å². The zero-order valence-electron chi connectivity index (χ0n) is 10.3. The van der Waals surface area contributed by atoms with Gasteiger partial charge in [0.2, 0.25) is 0 Å². The van der Waals surface area contributed by atoms with Crippen LogP contribution in [0.3, 0.4) is 0 Å². The highest BCUT2D eigenvalue weighted by atomic mass is 32.1. The van der Waals surface area contributed by atoms with E-state index in [9.17, 15) is 4.79 Å². The first-order valence-corrected chi connectivity index (χ1v) is 6.45. The monoisotopic (exact) mass is 255 g/mol. The summed E-state index contributed by atoms with van der Waals surface area (Å²) < 4.78 is 5.17. The van der Waals surface area contributed by atoms with Crippen LogP contribution in [0.4, 0.5) is 9.93 Å². The minimum atomic E-state index is -0.484. The SMILES string of the molecule is CC(C)(C)OC(=O)Nc1nc2c(s1)CNCC2. The Morgan fingerprint density at radius 1 is 1.53 bits per heavy atom. The van der Waals surface area contributed by atoms with Crippen molar-refractivity contribution in [3.8, 4) is 0 Å². The summed E-state index contributed by atoms with van der Waals surface area (Å²) in [6.07, 6.45) is 0.471. The summed E-state index contributed by atoms with van der Waals surface area (Å²) in [6, 6.07) is 0. The third-order valence-corrected chi connectivity index (χ3v) is 3.22. The van der Waals surface area contributed by atoms with Gasteiger partial charge in [-0.2, -0.15) is 0 Å². The predicted octanol–water partition coefficient (Wildman–Crippen LogP) is 2.14. The summed E-state index contributed by atoms with van der Waals surface area (Å²) >= 11 is 1.50. The normalized spacial score (nSPS) is 15.2. The number of rotatable bonds is 1. The van der Waals surface area contributed by atoms with Gasteiger partial charge in [-0.3, -0.25) is 5.32 Å². The Labute approximate surface area is 105 Å². The van der Waals surface area contributed by atoms with E-state index in [-0.39, 0.29) is 0 Å². The molecule has 1 aromatic heterocycles. The van der Waals surface area contributed by atoms with E-state index >= 15 is 0 Å². The van der Waals surface area contributed by atoms with E-state index in [2.05, 4.69) is 15.6 Å². The number of nitrogens with one attached hydrogen (secondary N) is 2. The van der Waals surface area contributed by atoms with Crippen LogP contribution < -0.4 is 10.6 Å². The van der Waals surface area contributed by atoms with Gasteiger partial charge in [0.1, 0.15) is 5.60 Å². The number of hydrogen-bond donors (Lipinski definition) is 2. The van der Waals surface area contributed by atoms with Crippen molar-refractivity contribution in [2.24, 2.45) is 0 Å². The standard InChI is InChI=1S/C11H17N3O2S/c1-11(2,3)16-10(15)14-9-13-7-4-5-12-6-8(7)17-9/h12H,4-6H2,1-3H3,(H,13,14,15). The lowest BCUT2D eigenvalue weighted by atomic mass is 10.2. The second-order valence-corrected chi connectivity index (χ2v) is 6.03. The first kappa shape index (κ1) is 12.3. The summed E-state index contributed by atoms with van der Waals surface area (Å²) in [4.78, 5) is 17.1. The highest BCUT2D eigenvalue weighted by Gasteiger charge is 2.19. The molecule has 0 saturated carbocycles. The Morgan fingerprint density at radius 2 is 2.29 bits per heavy atom. The number of carbonyl (C=O) groups excluding carboxylic acids is 1. The molecule has 0 bridgehead atoms. The number of carbonyl (C=O) groups is 1. The van der Waals surface area contributed by atoms with Gasteiger partial charge in [-0.05, 0) is 20.8 Å². The van der Waals surface area contributed by atoms with E-state index in [1.54, 1.807) is 0 Å². The molecule has 0 spiro atoms. The van der Waals surface area contributed by atoms with E-state index in [1.807, 2.05) is 20.8 Å². The molecule has 2 N–H and O–H groups in total. The van der Waals surface area contributed by atoms with Crippen molar-refractivity contribution >= 4 is 22.6 Å². The highest BCUT2D eigenvalue weighted by molar-refractivity contribution is 7.15. The zero-order chi connectivity index (χ0) is 12.5. The molecule has 1 aromatic rings. The molecule has 0 atom stereocenters. The van der Waals surface area contributed by atoms with Crippen molar-refractivity contribution in [1.82, 2.24) is 10.3 Å². The van der Waals surface area contributed by atoms with Crippen molar-refractivity contribution in [2.75, 3.05) is 11.9 Å². The maximum Gasteiger partial charge on any atom is 0.413 e. The van der Waals surface area contributed by atoms with Crippen molar-refractivity contribution in [1.29, 1.82) is 0 Å². The minimum absolute atomic E-state index is 0.448. The molecule has 2 rings (SSSR count). The molecule has 0 unspecified atom stereocenters. The average Bonchev–Trinajstić information content (AvgIpc) is 2.55. The molecular weight excluding hydrogens is 238 g/mol. The van der Waals surface area contributed by atoms with E-state index < -0.39 is 11.7 Å². The smallest absolute Gasteiger partial charge is 0.413 e. The molecule has 0 fully saturated rings. The van der Waals surface area contributed by atoms with E-state index in [0.29, 0.717) is 5.13 Å². The van der Waals surface area contributed by atoms with Crippen LogP contribution in [0.15, 0.2) is 0 Å². The second kappa shape index (κ2) is 4.62. The number of anilines is 1. The molecule has 0 saturated heterocycles. The Kier molecular flexibility index (Phi) is 3.35. The fraction of sp³-hybridized carbons (Fsp3) is 0.636. The van der Waals surface area contributed by atoms with Crippen LogP contribution in [0.5, 0.6) is 0 Å². The van der Waals surface area contributed by atoms with Crippen LogP contribution in [0.25, 0.3) is 0 Å². The molecule has 2 heterocycles. The topological polar surface area (TPSA) is 63.2 Å². The van der Waals surface area contributed by atoms with E-state index in [1.165, 1.54) is 16.2 Å². The van der Waals surface area contributed by atoms with Crippen LogP contribution in [0.1, 0.15) is 31.3 Å². The number of hydrogen-bond acceptors (Lipinski definition) is 5. The van der Waals surface area contributed by atoms with Crippen molar-refractivity contribution < 1.29 is 9.53 Å². The van der Waals surface area contributed by atoms with Gasteiger partial charge in [-0.25, -0.2) is 9.78 Å². The van der Waals surface area contributed by atoms with Gasteiger partial charge in [0.15, 0.2) is 5.13 Å². The molecule has 0 aliphatic carbocycles. The number of nitrogens with zero attached hydrogens (tertiary/aromatic N) is 1. The second-order valence-electron chi connectivity index (χ2n) is 4.94. The number of fused-ring (bicyclic) bond motifs is 1. The maximum atomic E-state index is 11.6. The van der Waals surface area contributed by atoms with E-state index in [0.717, 1.165) is 25.2 Å². The van der Waals surface area contributed by atoms with Crippen LogP contribution in [0, 0.1) is 0 Å². The lowest BCUT2D eigenvalue weighted by molar-refractivity contribution is 0.0636. The molecule has 1 aliphatic heterocycles. The summed E-state index contributed by atoms with van der Waals surface area (Å²) in [5.74, 6) is 0. The van der Waals surface area contributed by atoms with Gasteiger partial charge in [0.05, 0.1) is 5.69 Å². The summed E-state index contributed by atoms with van der Waals surface area (Å²) in [7, 11) is 0. The average molecular weight is 255 g/mol. The maximum absolute atomic E-state index is 11.6. The van der Waals surface area contributed by atoms with Gasteiger partial charge in [-0.1, -0.05) is 11.3 Å². The first-order valence-electron chi connectivity index (χ1n) is 5.63. The molecule has 0 aromatic carbocycles. The fourth-order valence-corrected chi connectivity index (χ4v) is 2.53. The lowest BCUT2D eigenvalue weighted by Gasteiger charge is -2.18. The molecule has 1 amide bonds. The van der Waals surface area contributed by atoms with Gasteiger partial charge in [0, 0.05) is 24.4 Å². The summed E-state index contributed by atoms with van der Waals surface area (Å²) in [5, 5.41) is 6.56. The third-order valence-electron chi connectivity index (χ3n) is 2.21. The number of amides is 1. The Hall–Kier alpha value is -1.14. The van der Waals surface area contributed by atoms with Gasteiger partial charge in [0.25, 0.3) is 0 Å². The van der Waals surface area contributed by atoms with Crippen molar-refractivity contribution in [3.05, 3.63) is 10.6 Å². The zero-order valence-corrected chi connectivity index (χ0v) is 11.1. The predicted molar refractivity (Wildman–Crippen MR) is 67.4 cm³/mol. The fourth-order valence-electron chi connectivity index (χ4n) is 1.57. The molecule has 94 valence electrons. The molecule has 5 nitrogen and oxygen atoms in total. The molecule has 6 heteroatoms. The Bertz CT molecular complexity index is 399. The molecule has 17 heavy (non-hydrogen) atoms. The van der Waals surface area contributed by atoms with Gasteiger partial charge < -0.3 is 10.1 Å².